The van der Waals surface area contributed by atoms with Crippen molar-refractivity contribution < 1.29 is 14.3 Å². The van der Waals surface area contributed by atoms with Crippen molar-refractivity contribution in [1.82, 2.24) is 10.3 Å². The minimum atomic E-state index is -0.493. The third kappa shape index (κ3) is 6.88. The van der Waals surface area contributed by atoms with E-state index in [0.29, 0.717) is 12.8 Å². The van der Waals surface area contributed by atoms with Gasteiger partial charge in [0.15, 0.2) is 0 Å². The number of aromatic amines is 1. The van der Waals surface area contributed by atoms with Crippen LogP contribution in [0.25, 0.3) is 10.9 Å². The second-order valence-electron chi connectivity index (χ2n) is 10.7. The molecule has 1 heterocycles. The minimum Gasteiger partial charge on any atom is -0.460 e. The van der Waals surface area contributed by atoms with E-state index in [-0.39, 0.29) is 24.3 Å². The first-order valence-corrected chi connectivity index (χ1v) is 12.8. The van der Waals surface area contributed by atoms with Crippen molar-refractivity contribution in [1.29, 1.82) is 0 Å². The van der Waals surface area contributed by atoms with Crippen LogP contribution in [0, 0.1) is 13.8 Å². The van der Waals surface area contributed by atoms with Gasteiger partial charge in [-0.1, -0.05) is 60.2 Å². The van der Waals surface area contributed by atoms with E-state index < -0.39 is 5.60 Å². The summed E-state index contributed by atoms with van der Waals surface area (Å²) in [5.41, 5.74) is 6.95. The number of H-pyrrole nitrogens is 1. The van der Waals surface area contributed by atoms with Crippen LogP contribution in [0.15, 0.2) is 72.9 Å². The van der Waals surface area contributed by atoms with Crippen LogP contribution < -0.4 is 5.32 Å². The lowest BCUT2D eigenvalue weighted by molar-refractivity contribution is -0.154. The fourth-order valence-electron chi connectivity index (χ4n) is 4.70. The number of benzene rings is 3. The smallest absolute Gasteiger partial charge is 0.306 e. The molecule has 1 atom stereocenters. The SMILES string of the molecule is Cc1ccc(C(NC(=O)Cc2ccc3[nH]cc(CCC(=O)OC(C)(C)C)c3c2)c2ccccc2)c(C)c1. The zero-order chi connectivity index (χ0) is 26.6. The fourth-order valence-corrected chi connectivity index (χ4v) is 4.70. The van der Waals surface area contributed by atoms with Gasteiger partial charge in [0.25, 0.3) is 0 Å². The Bertz CT molecular complexity index is 1400. The summed E-state index contributed by atoms with van der Waals surface area (Å²) in [4.78, 5) is 28.7. The van der Waals surface area contributed by atoms with E-state index in [1.165, 1.54) is 5.56 Å². The number of carbonyl (C=O) groups excluding carboxylic acids is 2. The molecule has 0 fully saturated rings. The summed E-state index contributed by atoms with van der Waals surface area (Å²) in [6.07, 6.45) is 3.09. The second kappa shape index (κ2) is 11.0. The molecule has 2 N–H and O–H groups in total. The van der Waals surface area contributed by atoms with Gasteiger partial charge in [-0.2, -0.15) is 0 Å². The van der Waals surface area contributed by atoms with Crippen molar-refractivity contribution in [2.24, 2.45) is 0 Å². The number of aryl methyl sites for hydroxylation is 3. The van der Waals surface area contributed by atoms with Gasteiger partial charge in [0.2, 0.25) is 5.91 Å². The van der Waals surface area contributed by atoms with E-state index >= 15 is 0 Å². The topological polar surface area (TPSA) is 71.2 Å². The molecule has 0 spiro atoms. The molecule has 1 unspecified atom stereocenters. The van der Waals surface area contributed by atoms with E-state index in [4.69, 9.17) is 4.74 Å². The largest absolute Gasteiger partial charge is 0.460 e. The van der Waals surface area contributed by atoms with Gasteiger partial charge in [-0.3, -0.25) is 9.59 Å². The highest BCUT2D eigenvalue weighted by atomic mass is 16.6. The summed E-state index contributed by atoms with van der Waals surface area (Å²) in [6.45, 7) is 9.78. The van der Waals surface area contributed by atoms with Gasteiger partial charge in [0.1, 0.15) is 5.60 Å². The molecule has 192 valence electrons. The normalized spacial score (nSPS) is 12.4. The second-order valence-corrected chi connectivity index (χ2v) is 10.7. The molecule has 0 saturated carbocycles. The molecule has 5 heteroatoms. The highest BCUT2D eigenvalue weighted by molar-refractivity contribution is 5.86. The van der Waals surface area contributed by atoms with Gasteiger partial charge in [-0.25, -0.2) is 0 Å². The number of ether oxygens (including phenoxy) is 1. The predicted octanol–water partition coefficient (Wildman–Crippen LogP) is 6.51. The Morgan fingerprint density at radius 2 is 1.73 bits per heavy atom. The number of hydrogen-bond donors (Lipinski definition) is 2. The van der Waals surface area contributed by atoms with Crippen molar-refractivity contribution in [2.75, 3.05) is 0 Å². The molecule has 0 saturated heterocycles. The molecule has 3 aromatic carbocycles. The minimum absolute atomic E-state index is 0.0426. The Balaban J connectivity index is 1.50. The summed E-state index contributed by atoms with van der Waals surface area (Å²) >= 11 is 0. The molecule has 0 aliphatic heterocycles. The Hall–Kier alpha value is -3.86. The molecule has 5 nitrogen and oxygen atoms in total. The van der Waals surface area contributed by atoms with Crippen molar-refractivity contribution in [3.8, 4) is 0 Å². The summed E-state index contributed by atoms with van der Waals surface area (Å²) in [5, 5.41) is 4.30. The van der Waals surface area contributed by atoms with Crippen LogP contribution in [0.1, 0.15) is 66.6 Å². The van der Waals surface area contributed by atoms with Crippen LogP contribution in [0.2, 0.25) is 0 Å². The van der Waals surface area contributed by atoms with E-state index in [2.05, 4.69) is 42.3 Å². The van der Waals surface area contributed by atoms with Crippen LogP contribution >= 0.6 is 0 Å². The van der Waals surface area contributed by atoms with Gasteiger partial charge in [-0.05, 0) is 81.0 Å². The first-order valence-electron chi connectivity index (χ1n) is 12.8. The predicted molar refractivity (Wildman–Crippen MR) is 149 cm³/mol. The summed E-state index contributed by atoms with van der Waals surface area (Å²) in [7, 11) is 0. The molecule has 1 aromatic heterocycles. The van der Waals surface area contributed by atoms with Crippen molar-refractivity contribution in [3.63, 3.8) is 0 Å². The molecule has 0 radical (unpaired) electrons. The number of esters is 1. The Kier molecular flexibility index (Phi) is 7.82. The van der Waals surface area contributed by atoms with Gasteiger partial charge in [0.05, 0.1) is 12.5 Å². The van der Waals surface area contributed by atoms with E-state index in [0.717, 1.165) is 38.7 Å². The maximum absolute atomic E-state index is 13.3. The lowest BCUT2D eigenvalue weighted by Crippen LogP contribution is -2.31. The highest BCUT2D eigenvalue weighted by Gasteiger charge is 2.20. The average Bonchev–Trinajstić information content (AvgIpc) is 3.23. The molecule has 4 rings (SSSR count). The maximum Gasteiger partial charge on any atom is 0.306 e. The number of rotatable bonds is 8. The molecule has 4 aromatic rings. The van der Waals surface area contributed by atoms with Gasteiger partial charge < -0.3 is 15.0 Å². The lowest BCUT2D eigenvalue weighted by Gasteiger charge is -2.22. The fraction of sp³-hybridized carbons (Fsp3) is 0.312. The Morgan fingerprint density at radius 3 is 2.43 bits per heavy atom. The molecule has 37 heavy (non-hydrogen) atoms. The van der Waals surface area contributed by atoms with Gasteiger partial charge >= 0.3 is 5.97 Å². The van der Waals surface area contributed by atoms with Gasteiger partial charge in [0, 0.05) is 23.5 Å². The summed E-state index contributed by atoms with van der Waals surface area (Å²) < 4.78 is 5.45. The quantitative estimate of drug-likeness (QED) is 0.273. The first-order chi connectivity index (χ1) is 17.6. The monoisotopic (exact) mass is 496 g/mol. The van der Waals surface area contributed by atoms with Crippen LogP contribution in [0.5, 0.6) is 0 Å². The van der Waals surface area contributed by atoms with Crippen LogP contribution in [0.3, 0.4) is 0 Å². The number of carbonyl (C=O) groups is 2. The number of aromatic nitrogens is 1. The Morgan fingerprint density at radius 1 is 0.973 bits per heavy atom. The third-order valence-corrected chi connectivity index (χ3v) is 6.39. The average molecular weight is 497 g/mol. The standard InChI is InChI=1S/C32H36N2O3/c1-21-11-14-26(22(2)17-21)31(24-9-7-6-8-10-24)34-29(35)19-23-12-15-28-27(18-23)25(20-33-28)13-16-30(36)37-32(3,4)5/h6-12,14-15,17-18,20,31,33H,13,16,19H2,1-5H3,(H,34,35). The number of hydrogen-bond acceptors (Lipinski definition) is 3. The number of fused-ring (bicyclic) bond motifs is 1. The van der Waals surface area contributed by atoms with Crippen LogP contribution in [-0.2, 0) is 27.2 Å². The highest BCUT2D eigenvalue weighted by Crippen LogP contribution is 2.27. The molecule has 1 amide bonds. The van der Waals surface area contributed by atoms with Crippen LogP contribution in [-0.4, -0.2) is 22.5 Å². The lowest BCUT2D eigenvalue weighted by atomic mass is 9.93. The van der Waals surface area contributed by atoms with E-state index in [9.17, 15) is 9.59 Å². The first kappa shape index (κ1) is 26.2. The van der Waals surface area contributed by atoms with Gasteiger partial charge in [-0.15, -0.1) is 0 Å². The zero-order valence-corrected chi connectivity index (χ0v) is 22.4. The van der Waals surface area contributed by atoms with Crippen molar-refractivity contribution in [2.45, 2.75) is 65.5 Å². The summed E-state index contributed by atoms with van der Waals surface area (Å²) in [5.74, 6) is -0.255. The van der Waals surface area contributed by atoms with Crippen LogP contribution in [0.4, 0.5) is 0 Å². The third-order valence-electron chi connectivity index (χ3n) is 6.39. The van der Waals surface area contributed by atoms with E-state index in [1.54, 1.807) is 0 Å². The molecule has 0 aliphatic carbocycles. The molecule has 0 bridgehead atoms. The van der Waals surface area contributed by atoms with Crippen molar-refractivity contribution >= 4 is 22.8 Å². The van der Waals surface area contributed by atoms with E-state index in [1.807, 2.05) is 75.5 Å². The molecular formula is C32H36N2O3. The van der Waals surface area contributed by atoms with Crippen molar-refractivity contribution in [3.05, 3.63) is 106 Å². The molecule has 0 aliphatic rings. The number of amides is 1. The maximum atomic E-state index is 13.3. The zero-order valence-electron chi connectivity index (χ0n) is 22.4. The molecular weight excluding hydrogens is 460 g/mol. The Labute approximate surface area is 219 Å². The number of nitrogens with one attached hydrogen (secondary N) is 2. The summed E-state index contributed by atoms with van der Waals surface area (Å²) in [6, 6.07) is 22.2.